The molecule has 1 aromatic heterocycles. The van der Waals surface area contributed by atoms with Crippen LogP contribution in [-0.2, 0) is 17.6 Å². The van der Waals surface area contributed by atoms with Crippen LogP contribution < -0.4 is 4.90 Å². The number of fused-ring (bicyclic) bond motifs is 1. The van der Waals surface area contributed by atoms with Crippen LogP contribution in [0.25, 0.3) is 0 Å². The number of aryl methyl sites for hydroxylation is 1. The van der Waals surface area contributed by atoms with Gasteiger partial charge in [-0.2, -0.15) is 0 Å². The molecule has 98 valence electrons. The summed E-state index contributed by atoms with van der Waals surface area (Å²) in [7, 11) is 0. The first kappa shape index (κ1) is 11.9. The minimum absolute atomic E-state index is 0.0275. The second-order valence-electron chi connectivity index (χ2n) is 4.93. The Morgan fingerprint density at radius 2 is 2.22 bits per heavy atom. The van der Waals surface area contributed by atoms with Crippen molar-refractivity contribution in [2.24, 2.45) is 0 Å². The molecule has 1 atom stereocenters. The molecule has 0 aromatic carbocycles. The summed E-state index contributed by atoms with van der Waals surface area (Å²) >= 11 is 0. The van der Waals surface area contributed by atoms with Gasteiger partial charge in [0, 0.05) is 17.8 Å². The van der Waals surface area contributed by atoms with Gasteiger partial charge in [-0.15, -0.1) is 0 Å². The average Bonchev–Trinajstić information content (AvgIpc) is 2.46. The number of ether oxygens (including phenoxy) is 1. The number of nitrogens with zero attached hydrogens (tertiary/aromatic N) is 3. The van der Waals surface area contributed by atoms with Gasteiger partial charge in [-0.1, -0.05) is 0 Å². The largest absolute Gasteiger partial charge is 0.394 e. The first-order valence-corrected chi connectivity index (χ1v) is 6.68. The lowest BCUT2D eigenvalue weighted by Gasteiger charge is -2.37. The van der Waals surface area contributed by atoms with Gasteiger partial charge in [0.2, 0.25) is 0 Å². The average molecular weight is 249 g/mol. The minimum atomic E-state index is 0.0275. The fourth-order valence-electron chi connectivity index (χ4n) is 2.84. The summed E-state index contributed by atoms with van der Waals surface area (Å²) in [5.41, 5.74) is 2.47. The van der Waals surface area contributed by atoms with Crippen molar-refractivity contribution in [1.82, 2.24) is 9.97 Å². The van der Waals surface area contributed by atoms with Crippen LogP contribution in [-0.4, -0.2) is 47.5 Å². The number of hydrogen-bond donors (Lipinski definition) is 1. The third-order valence-corrected chi connectivity index (χ3v) is 3.81. The van der Waals surface area contributed by atoms with E-state index in [4.69, 9.17) is 4.74 Å². The van der Waals surface area contributed by atoms with Gasteiger partial charge in [0.05, 0.1) is 25.9 Å². The van der Waals surface area contributed by atoms with Gasteiger partial charge in [-0.05, 0) is 25.7 Å². The molecule has 1 aromatic rings. The predicted molar refractivity (Wildman–Crippen MR) is 67.7 cm³/mol. The minimum Gasteiger partial charge on any atom is -0.394 e. The Labute approximate surface area is 107 Å². The monoisotopic (exact) mass is 249 g/mol. The molecule has 0 bridgehead atoms. The number of morpholine rings is 1. The zero-order chi connectivity index (χ0) is 12.4. The molecule has 0 radical (unpaired) electrons. The molecule has 1 unspecified atom stereocenters. The van der Waals surface area contributed by atoms with Crippen LogP contribution in [0, 0.1) is 0 Å². The van der Waals surface area contributed by atoms with E-state index in [2.05, 4.69) is 14.9 Å². The van der Waals surface area contributed by atoms with E-state index in [1.807, 2.05) is 0 Å². The zero-order valence-corrected chi connectivity index (χ0v) is 10.5. The van der Waals surface area contributed by atoms with Gasteiger partial charge in [-0.25, -0.2) is 9.97 Å². The molecule has 0 amide bonds. The number of aliphatic hydroxyl groups excluding tert-OH is 1. The summed E-state index contributed by atoms with van der Waals surface area (Å²) in [6.45, 7) is 2.19. The van der Waals surface area contributed by atoms with E-state index in [0.29, 0.717) is 13.2 Å². The predicted octanol–water partition coefficient (Wildman–Crippen LogP) is 0.553. The van der Waals surface area contributed by atoms with Crippen LogP contribution in [0.1, 0.15) is 24.1 Å². The van der Waals surface area contributed by atoms with E-state index < -0.39 is 0 Å². The Balaban J connectivity index is 1.95. The molecular formula is C13H19N3O2. The normalized spacial score (nSPS) is 23.8. The zero-order valence-electron chi connectivity index (χ0n) is 10.5. The molecule has 1 aliphatic heterocycles. The molecule has 1 aliphatic carbocycles. The lowest BCUT2D eigenvalue weighted by atomic mass is 9.96. The second kappa shape index (κ2) is 5.20. The van der Waals surface area contributed by atoms with E-state index >= 15 is 0 Å². The summed E-state index contributed by atoms with van der Waals surface area (Å²) in [4.78, 5) is 11.0. The van der Waals surface area contributed by atoms with Gasteiger partial charge < -0.3 is 14.7 Å². The van der Waals surface area contributed by atoms with E-state index in [1.165, 1.54) is 24.1 Å². The van der Waals surface area contributed by atoms with Gasteiger partial charge in [0.1, 0.15) is 12.1 Å². The Hall–Kier alpha value is -1.20. The van der Waals surface area contributed by atoms with Crippen molar-refractivity contribution in [3.8, 4) is 0 Å². The molecule has 5 nitrogen and oxygen atoms in total. The molecule has 2 aliphatic rings. The summed E-state index contributed by atoms with van der Waals surface area (Å²) < 4.78 is 5.42. The van der Waals surface area contributed by atoms with Gasteiger partial charge in [0.15, 0.2) is 0 Å². The van der Waals surface area contributed by atoms with Gasteiger partial charge in [0.25, 0.3) is 0 Å². The van der Waals surface area contributed by atoms with Crippen molar-refractivity contribution in [3.05, 3.63) is 17.6 Å². The standard InChI is InChI=1S/C13H19N3O2/c17-7-10-8-18-6-5-16(10)13-11-3-1-2-4-12(11)14-9-15-13/h9-10,17H,1-8H2. The molecule has 5 heteroatoms. The maximum absolute atomic E-state index is 9.46. The molecule has 3 rings (SSSR count). The smallest absolute Gasteiger partial charge is 0.135 e. The highest BCUT2D eigenvalue weighted by molar-refractivity contribution is 5.50. The number of anilines is 1. The van der Waals surface area contributed by atoms with Crippen LogP contribution in [0.4, 0.5) is 5.82 Å². The molecule has 1 saturated heterocycles. The highest BCUT2D eigenvalue weighted by atomic mass is 16.5. The first-order chi connectivity index (χ1) is 8.90. The summed E-state index contributed by atoms with van der Waals surface area (Å²) in [6, 6.07) is 0.0275. The van der Waals surface area contributed by atoms with Crippen molar-refractivity contribution >= 4 is 5.82 Å². The number of aromatic nitrogens is 2. The number of aliphatic hydroxyl groups is 1. The molecule has 0 spiro atoms. The SMILES string of the molecule is OCC1COCCN1c1ncnc2c1CCCC2. The van der Waals surface area contributed by atoms with E-state index in [9.17, 15) is 5.11 Å². The third kappa shape index (κ3) is 2.08. The Bertz CT molecular complexity index is 425. The van der Waals surface area contributed by atoms with E-state index in [-0.39, 0.29) is 12.6 Å². The van der Waals surface area contributed by atoms with Crippen LogP contribution >= 0.6 is 0 Å². The van der Waals surface area contributed by atoms with Crippen molar-refractivity contribution in [3.63, 3.8) is 0 Å². The maximum Gasteiger partial charge on any atom is 0.135 e. The Morgan fingerprint density at radius 1 is 1.33 bits per heavy atom. The van der Waals surface area contributed by atoms with Gasteiger partial charge >= 0.3 is 0 Å². The lowest BCUT2D eigenvalue weighted by Crippen LogP contribution is -2.48. The van der Waals surface area contributed by atoms with Crippen LogP contribution in [0.3, 0.4) is 0 Å². The maximum atomic E-state index is 9.46. The summed E-state index contributed by atoms with van der Waals surface area (Å²) in [5, 5.41) is 9.46. The fraction of sp³-hybridized carbons (Fsp3) is 0.692. The second-order valence-corrected chi connectivity index (χ2v) is 4.93. The van der Waals surface area contributed by atoms with Crippen molar-refractivity contribution < 1.29 is 9.84 Å². The summed E-state index contributed by atoms with van der Waals surface area (Å²) in [5.74, 6) is 1.02. The molecule has 2 heterocycles. The quantitative estimate of drug-likeness (QED) is 0.829. The van der Waals surface area contributed by atoms with Crippen LogP contribution in [0.15, 0.2) is 6.33 Å². The highest BCUT2D eigenvalue weighted by Gasteiger charge is 2.27. The van der Waals surface area contributed by atoms with E-state index in [0.717, 1.165) is 25.2 Å². The first-order valence-electron chi connectivity index (χ1n) is 6.68. The van der Waals surface area contributed by atoms with Crippen molar-refractivity contribution in [1.29, 1.82) is 0 Å². The highest BCUT2D eigenvalue weighted by Crippen LogP contribution is 2.28. The molecule has 1 N–H and O–H groups in total. The topological polar surface area (TPSA) is 58.5 Å². The molecule has 0 saturated carbocycles. The Kier molecular flexibility index (Phi) is 3.43. The van der Waals surface area contributed by atoms with Crippen LogP contribution in [0.2, 0.25) is 0 Å². The fourth-order valence-corrected chi connectivity index (χ4v) is 2.84. The van der Waals surface area contributed by atoms with Crippen molar-refractivity contribution in [2.75, 3.05) is 31.3 Å². The third-order valence-electron chi connectivity index (χ3n) is 3.81. The molecule has 18 heavy (non-hydrogen) atoms. The molecular weight excluding hydrogens is 230 g/mol. The van der Waals surface area contributed by atoms with Crippen LogP contribution in [0.5, 0.6) is 0 Å². The Morgan fingerprint density at radius 3 is 3.11 bits per heavy atom. The van der Waals surface area contributed by atoms with Crippen molar-refractivity contribution in [2.45, 2.75) is 31.7 Å². The van der Waals surface area contributed by atoms with E-state index in [1.54, 1.807) is 6.33 Å². The summed E-state index contributed by atoms with van der Waals surface area (Å²) in [6.07, 6.45) is 6.20. The number of rotatable bonds is 2. The molecule has 1 fully saturated rings. The van der Waals surface area contributed by atoms with Gasteiger partial charge in [-0.3, -0.25) is 0 Å². The number of hydrogen-bond acceptors (Lipinski definition) is 5. The lowest BCUT2D eigenvalue weighted by molar-refractivity contribution is 0.0721.